The molecule has 0 bridgehead atoms. The van der Waals surface area contributed by atoms with Gasteiger partial charge in [0.15, 0.2) is 10.7 Å². The Morgan fingerprint density at radius 2 is 1.97 bits per heavy atom. The van der Waals surface area contributed by atoms with Crippen LogP contribution in [0.2, 0.25) is 10.0 Å². The molecule has 180 valence electrons. The maximum atomic E-state index is 12.8. The monoisotopic (exact) mass is 529 g/mol. The third kappa shape index (κ3) is 5.19. The van der Waals surface area contributed by atoms with E-state index in [0.717, 1.165) is 12.0 Å². The van der Waals surface area contributed by atoms with Crippen LogP contribution in [0.4, 0.5) is 5.69 Å². The van der Waals surface area contributed by atoms with Crippen LogP contribution in [-0.4, -0.2) is 28.2 Å². The highest BCUT2D eigenvalue weighted by molar-refractivity contribution is 7.80. The second-order valence-corrected chi connectivity index (χ2v) is 8.99. The lowest BCUT2D eigenvalue weighted by Gasteiger charge is -2.14. The fraction of sp³-hybridized carbons (Fsp3) is 0.160. The summed E-state index contributed by atoms with van der Waals surface area (Å²) in [7, 11) is 1.40. The van der Waals surface area contributed by atoms with Gasteiger partial charge in [-0.3, -0.25) is 10.1 Å². The van der Waals surface area contributed by atoms with Gasteiger partial charge >= 0.3 is 0 Å². The number of hydrogen-bond donors (Lipinski definition) is 3. The molecule has 7 nitrogen and oxygen atoms in total. The molecular formula is C25H21Cl2N3O4S. The smallest absolute Gasteiger partial charge is 0.261 e. The normalized spacial score (nSPS) is 10.9. The van der Waals surface area contributed by atoms with Gasteiger partial charge in [0.2, 0.25) is 5.89 Å². The number of aromatic hydroxyl groups is 1. The number of anilines is 1. The van der Waals surface area contributed by atoms with Gasteiger partial charge in [0.1, 0.15) is 17.0 Å². The third-order valence-corrected chi connectivity index (χ3v) is 6.04. The first-order valence-corrected chi connectivity index (χ1v) is 11.7. The molecule has 10 heteroatoms. The zero-order chi connectivity index (χ0) is 25.3. The Morgan fingerprint density at radius 3 is 2.69 bits per heavy atom. The van der Waals surface area contributed by atoms with Crippen LogP contribution in [0.5, 0.6) is 11.5 Å². The van der Waals surface area contributed by atoms with Gasteiger partial charge in [-0.2, -0.15) is 0 Å². The quantitative estimate of drug-likeness (QED) is 0.200. The minimum atomic E-state index is -0.551. The summed E-state index contributed by atoms with van der Waals surface area (Å²) in [6.45, 7) is 3.80. The van der Waals surface area contributed by atoms with Gasteiger partial charge in [0.25, 0.3) is 5.91 Å². The number of nitrogens with one attached hydrogen (secondary N) is 2. The average molecular weight is 530 g/mol. The molecule has 0 unspecified atom stereocenters. The summed E-state index contributed by atoms with van der Waals surface area (Å²) in [5.74, 6) is -0.0664. The molecule has 0 saturated heterocycles. The van der Waals surface area contributed by atoms with E-state index in [1.165, 1.54) is 19.2 Å². The lowest BCUT2D eigenvalue weighted by Crippen LogP contribution is -2.34. The molecule has 0 aliphatic carbocycles. The van der Waals surface area contributed by atoms with Crippen molar-refractivity contribution in [3.05, 3.63) is 69.2 Å². The van der Waals surface area contributed by atoms with Crippen molar-refractivity contribution in [2.75, 3.05) is 12.4 Å². The number of hydrogen-bond acceptors (Lipinski definition) is 6. The van der Waals surface area contributed by atoms with Gasteiger partial charge in [-0.1, -0.05) is 36.2 Å². The summed E-state index contributed by atoms with van der Waals surface area (Å²) in [5.41, 5.74) is 4.06. The number of oxazole rings is 1. The third-order valence-electron chi connectivity index (χ3n) is 5.33. The first kappa shape index (κ1) is 24.8. The van der Waals surface area contributed by atoms with Crippen molar-refractivity contribution in [3.8, 4) is 23.0 Å². The number of fused-ring (bicyclic) bond motifs is 1. The number of carbonyl (C=O) groups is 1. The number of rotatable bonds is 5. The van der Waals surface area contributed by atoms with E-state index < -0.39 is 5.91 Å². The minimum Gasteiger partial charge on any atom is -0.507 e. The predicted molar refractivity (Wildman–Crippen MR) is 142 cm³/mol. The first-order valence-electron chi connectivity index (χ1n) is 10.6. The molecule has 0 aliphatic rings. The van der Waals surface area contributed by atoms with Crippen LogP contribution < -0.4 is 15.4 Å². The molecule has 0 saturated carbocycles. The van der Waals surface area contributed by atoms with Crippen LogP contribution in [0.25, 0.3) is 22.6 Å². The first-order chi connectivity index (χ1) is 16.7. The van der Waals surface area contributed by atoms with E-state index in [1.807, 2.05) is 18.2 Å². The SMILES string of the molecule is CCc1ccc2oc(-c3cc(NC(=S)NC(=O)c4cc(Cl)cc(Cl)c4OC)cc(C)c3O)nc2c1. The molecule has 0 spiro atoms. The second-order valence-electron chi connectivity index (χ2n) is 7.74. The molecule has 3 N–H and O–H groups in total. The van der Waals surface area contributed by atoms with Crippen molar-refractivity contribution in [3.63, 3.8) is 0 Å². The number of nitrogens with zero attached hydrogens (tertiary/aromatic N) is 1. The molecule has 0 radical (unpaired) electrons. The van der Waals surface area contributed by atoms with E-state index in [-0.39, 0.29) is 38.1 Å². The summed E-state index contributed by atoms with van der Waals surface area (Å²) in [6, 6.07) is 12.0. The lowest BCUT2D eigenvalue weighted by molar-refractivity contribution is 0.0974. The standard InChI is InChI=1S/C25H21Cl2N3O4S/c1-4-13-5-6-20-19(8-13)29-24(34-20)16-11-15(7-12(2)21(16)31)28-25(35)30-23(32)17-9-14(26)10-18(27)22(17)33-3/h5-11,31H,4H2,1-3H3,(H2,28,30,32,35). The number of aromatic nitrogens is 1. The summed E-state index contributed by atoms with van der Waals surface area (Å²) in [4.78, 5) is 17.3. The van der Waals surface area contributed by atoms with Crippen molar-refractivity contribution < 1.29 is 19.1 Å². The number of ether oxygens (including phenoxy) is 1. The maximum absolute atomic E-state index is 12.8. The molecule has 0 atom stereocenters. The highest BCUT2D eigenvalue weighted by Crippen LogP contribution is 2.36. The van der Waals surface area contributed by atoms with E-state index in [2.05, 4.69) is 22.5 Å². The summed E-state index contributed by atoms with van der Waals surface area (Å²) >= 11 is 17.5. The van der Waals surface area contributed by atoms with Gasteiger partial charge in [0.05, 0.1) is 23.3 Å². The molecule has 4 aromatic rings. The number of aryl methyl sites for hydroxylation is 2. The van der Waals surface area contributed by atoms with Crippen LogP contribution >= 0.6 is 35.4 Å². The van der Waals surface area contributed by atoms with Gasteiger partial charge < -0.3 is 19.6 Å². The summed E-state index contributed by atoms with van der Waals surface area (Å²) in [5, 5.41) is 16.7. The zero-order valence-corrected chi connectivity index (χ0v) is 21.4. The average Bonchev–Trinajstić information content (AvgIpc) is 3.23. The number of halogens is 2. The molecule has 4 rings (SSSR count). The predicted octanol–water partition coefficient (Wildman–Crippen LogP) is 6.51. The molecule has 1 heterocycles. The van der Waals surface area contributed by atoms with Crippen molar-refractivity contribution in [1.82, 2.24) is 10.3 Å². The molecule has 0 aliphatic heterocycles. The van der Waals surface area contributed by atoms with E-state index in [1.54, 1.807) is 19.1 Å². The number of phenolic OH excluding ortho intramolecular Hbond substituents is 1. The Hall–Kier alpha value is -3.33. The molecule has 3 aromatic carbocycles. The Labute approximate surface area is 217 Å². The van der Waals surface area contributed by atoms with Crippen LogP contribution in [0.3, 0.4) is 0 Å². The highest BCUT2D eigenvalue weighted by Gasteiger charge is 2.19. The lowest BCUT2D eigenvalue weighted by atomic mass is 10.1. The Bertz CT molecular complexity index is 1470. The summed E-state index contributed by atoms with van der Waals surface area (Å²) < 4.78 is 11.1. The topological polar surface area (TPSA) is 96.6 Å². The zero-order valence-electron chi connectivity index (χ0n) is 19.0. The maximum Gasteiger partial charge on any atom is 0.261 e. The van der Waals surface area contributed by atoms with Crippen LogP contribution in [-0.2, 0) is 6.42 Å². The highest BCUT2D eigenvalue weighted by atomic mass is 35.5. The molecule has 0 fully saturated rings. The summed E-state index contributed by atoms with van der Waals surface area (Å²) in [6.07, 6.45) is 0.873. The molecule has 35 heavy (non-hydrogen) atoms. The minimum absolute atomic E-state index is 0.0225. The van der Waals surface area contributed by atoms with Gasteiger partial charge in [-0.15, -0.1) is 0 Å². The largest absolute Gasteiger partial charge is 0.507 e. The van der Waals surface area contributed by atoms with Crippen molar-refractivity contribution in [1.29, 1.82) is 0 Å². The Kier molecular flexibility index (Phi) is 7.16. The number of phenols is 1. The fourth-order valence-corrected chi connectivity index (χ4v) is 4.37. The van der Waals surface area contributed by atoms with Crippen molar-refractivity contribution in [2.45, 2.75) is 20.3 Å². The molecule has 1 amide bonds. The Morgan fingerprint density at radius 1 is 1.20 bits per heavy atom. The van der Waals surface area contributed by atoms with Crippen LogP contribution in [0.1, 0.15) is 28.4 Å². The van der Waals surface area contributed by atoms with Gasteiger partial charge in [-0.05, 0) is 73.1 Å². The van der Waals surface area contributed by atoms with E-state index in [4.69, 9.17) is 44.6 Å². The number of amides is 1. The fourth-order valence-electron chi connectivity index (χ4n) is 3.59. The molecule has 1 aromatic heterocycles. The van der Waals surface area contributed by atoms with Gasteiger partial charge in [-0.25, -0.2) is 4.98 Å². The number of benzene rings is 3. The number of methoxy groups -OCH3 is 1. The van der Waals surface area contributed by atoms with Crippen molar-refractivity contribution in [2.24, 2.45) is 0 Å². The van der Waals surface area contributed by atoms with E-state index in [0.29, 0.717) is 27.9 Å². The van der Waals surface area contributed by atoms with E-state index in [9.17, 15) is 9.90 Å². The van der Waals surface area contributed by atoms with Gasteiger partial charge in [0, 0.05) is 10.7 Å². The second kappa shape index (κ2) is 10.1. The number of thiocarbonyl (C=S) groups is 1. The van der Waals surface area contributed by atoms with Crippen molar-refractivity contribution >= 4 is 63.2 Å². The Balaban J connectivity index is 1.59. The van der Waals surface area contributed by atoms with Crippen LogP contribution in [0.15, 0.2) is 46.9 Å². The number of carbonyl (C=O) groups excluding carboxylic acids is 1. The van der Waals surface area contributed by atoms with E-state index >= 15 is 0 Å². The molecular weight excluding hydrogens is 509 g/mol. The van der Waals surface area contributed by atoms with Crippen LogP contribution in [0, 0.1) is 6.92 Å².